The van der Waals surface area contributed by atoms with Gasteiger partial charge in [-0.2, -0.15) is 0 Å². The summed E-state index contributed by atoms with van der Waals surface area (Å²) in [4.78, 5) is 32.4. The van der Waals surface area contributed by atoms with Gasteiger partial charge in [0.25, 0.3) is 5.56 Å². The summed E-state index contributed by atoms with van der Waals surface area (Å²) < 4.78 is 2.41. The molecule has 2 heterocycles. The zero-order valence-electron chi connectivity index (χ0n) is 15.3. The number of Topliss-reactive ketones (excluding diaryl/α,β-unsaturated/α-hetero) is 1. The molecule has 1 atom stereocenters. The van der Waals surface area contributed by atoms with E-state index in [1.807, 2.05) is 49.4 Å². The Morgan fingerprint density at radius 2 is 1.79 bits per heavy atom. The minimum absolute atomic E-state index is 0.110. The minimum atomic E-state index is -0.634. The Kier molecular flexibility index (Phi) is 5.00. The Labute approximate surface area is 174 Å². The zero-order chi connectivity index (χ0) is 19.8. The van der Waals surface area contributed by atoms with Gasteiger partial charge in [-0.25, -0.2) is 4.98 Å². The van der Waals surface area contributed by atoms with Crippen LogP contribution in [0.2, 0.25) is 0 Å². The Bertz CT molecular complexity index is 1230. The quantitative estimate of drug-likeness (QED) is 0.376. The lowest BCUT2D eigenvalue weighted by molar-refractivity contribution is 0.0932. The molecular weight excluding hydrogens is 436 g/mol. The summed E-state index contributed by atoms with van der Waals surface area (Å²) in [6, 6.07) is 16.3. The summed E-state index contributed by atoms with van der Waals surface area (Å²) in [7, 11) is 0. The molecule has 0 aliphatic heterocycles. The number of aryl methyl sites for hydroxylation is 1. The van der Waals surface area contributed by atoms with E-state index in [0.717, 1.165) is 20.5 Å². The molecule has 0 amide bonds. The molecule has 0 spiro atoms. The maximum Gasteiger partial charge on any atom is 0.263 e. The fourth-order valence-corrected chi connectivity index (χ4v) is 4.59. The van der Waals surface area contributed by atoms with Crippen molar-refractivity contribution in [2.24, 2.45) is 0 Å². The number of carbonyl (C=O) groups excluding carboxylic acids is 1. The molecular formula is C22H17BrN2O2S. The first-order valence-corrected chi connectivity index (χ1v) is 10.4. The van der Waals surface area contributed by atoms with Gasteiger partial charge in [-0.1, -0.05) is 58.4 Å². The van der Waals surface area contributed by atoms with E-state index in [1.165, 1.54) is 22.2 Å². The van der Waals surface area contributed by atoms with Crippen LogP contribution in [0.5, 0.6) is 0 Å². The van der Waals surface area contributed by atoms with E-state index in [1.54, 1.807) is 19.1 Å². The van der Waals surface area contributed by atoms with Crippen molar-refractivity contribution < 1.29 is 4.79 Å². The molecule has 6 heteroatoms. The van der Waals surface area contributed by atoms with Crippen molar-refractivity contribution in [3.63, 3.8) is 0 Å². The standard InChI is InChI=1S/C22H17BrN2O2S/c1-13(20(26)16-6-4-3-5-7-16)25-12-24-21-19(22(25)27)18(14(2)28-21)15-8-10-17(23)11-9-15/h3-13H,1-2H3. The molecule has 0 N–H and O–H groups in total. The summed E-state index contributed by atoms with van der Waals surface area (Å²) in [6.45, 7) is 3.73. The highest BCUT2D eigenvalue weighted by Gasteiger charge is 2.22. The zero-order valence-corrected chi connectivity index (χ0v) is 17.8. The van der Waals surface area contributed by atoms with Gasteiger partial charge in [0.15, 0.2) is 5.78 Å². The highest BCUT2D eigenvalue weighted by atomic mass is 79.9. The number of hydrogen-bond donors (Lipinski definition) is 0. The van der Waals surface area contributed by atoms with Crippen LogP contribution in [0.15, 0.2) is 70.2 Å². The van der Waals surface area contributed by atoms with E-state index in [4.69, 9.17) is 0 Å². The number of hydrogen-bond acceptors (Lipinski definition) is 4. The highest BCUT2D eigenvalue weighted by Crippen LogP contribution is 2.36. The summed E-state index contributed by atoms with van der Waals surface area (Å²) >= 11 is 4.94. The van der Waals surface area contributed by atoms with Crippen molar-refractivity contribution in [2.45, 2.75) is 19.9 Å². The van der Waals surface area contributed by atoms with E-state index >= 15 is 0 Å². The van der Waals surface area contributed by atoms with Gasteiger partial charge in [-0.05, 0) is 31.5 Å². The first-order chi connectivity index (χ1) is 13.5. The predicted molar refractivity (Wildman–Crippen MR) is 117 cm³/mol. The number of rotatable bonds is 4. The van der Waals surface area contributed by atoms with E-state index in [9.17, 15) is 9.59 Å². The van der Waals surface area contributed by atoms with Crippen molar-refractivity contribution in [1.82, 2.24) is 9.55 Å². The van der Waals surface area contributed by atoms with E-state index < -0.39 is 6.04 Å². The second kappa shape index (κ2) is 7.45. The maximum absolute atomic E-state index is 13.3. The van der Waals surface area contributed by atoms with Gasteiger partial charge in [0.2, 0.25) is 0 Å². The Hall–Kier alpha value is -2.57. The molecule has 0 aliphatic rings. The van der Waals surface area contributed by atoms with Gasteiger partial charge in [0, 0.05) is 20.5 Å². The molecule has 0 saturated carbocycles. The van der Waals surface area contributed by atoms with Gasteiger partial charge in [0.1, 0.15) is 4.83 Å². The van der Waals surface area contributed by atoms with Crippen molar-refractivity contribution in [3.05, 3.63) is 86.2 Å². The minimum Gasteiger partial charge on any atom is -0.292 e. The Morgan fingerprint density at radius 3 is 2.46 bits per heavy atom. The monoisotopic (exact) mass is 452 g/mol. The number of aromatic nitrogens is 2. The van der Waals surface area contributed by atoms with Crippen LogP contribution in [0, 0.1) is 6.92 Å². The maximum atomic E-state index is 13.3. The molecule has 0 bridgehead atoms. The molecule has 0 aliphatic carbocycles. The second-order valence-electron chi connectivity index (χ2n) is 6.58. The summed E-state index contributed by atoms with van der Waals surface area (Å²) in [5, 5.41) is 0.569. The summed E-state index contributed by atoms with van der Waals surface area (Å²) in [5.41, 5.74) is 2.24. The lowest BCUT2D eigenvalue weighted by atomic mass is 10.0. The molecule has 4 rings (SSSR count). The Morgan fingerprint density at radius 1 is 1.11 bits per heavy atom. The lowest BCUT2D eigenvalue weighted by Gasteiger charge is -2.14. The molecule has 140 valence electrons. The third kappa shape index (κ3) is 3.23. The molecule has 1 unspecified atom stereocenters. The third-order valence-electron chi connectivity index (χ3n) is 4.80. The number of halogens is 1. The predicted octanol–water partition coefficient (Wildman–Crippen LogP) is 5.64. The number of ketones is 1. The van der Waals surface area contributed by atoms with Crippen molar-refractivity contribution in [3.8, 4) is 11.1 Å². The van der Waals surface area contributed by atoms with Crippen LogP contribution in [0.4, 0.5) is 0 Å². The van der Waals surface area contributed by atoms with Crippen molar-refractivity contribution in [1.29, 1.82) is 0 Å². The number of carbonyl (C=O) groups is 1. The van der Waals surface area contributed by atoms with Crippen molar-refractivity contribution >= 4 is 43.3 Å². The van der Waals surface area contributed by atoms with Crippen LogP contribution < -0.4 is 5.56 Å². The van der Waals surface area contributed by atoms with Gasteiger partial charge in [-0.15, -0.1) is 11.3 Å². The molecule has 4 nitrogen and oxygen atoms in total. The number of nitrogens with zero attached hydrogens (tertiary/aromatic N) is 2. The Balaban J connectivity index is 1.87. The fraction of sp³-hybridized carbons (Fsp3) is 0.136. The van der Waals surface area contributed by atoms with Gasteiger partial charge < -0.3 is 0 Å². The van der Waals surface area contributed by atoms with Crippen molar-refractivity contribution in [2.75, 3.05) is 0 Å². The number of thiophene rings is 1. The van der Waals surface area contributed by atoms with Crippen LogP contribution in [0.1, 0.15) is 28.2 Å². The molecule has 2 aromatic carbocycles. The first kappa shape index (κ1) is 18.8. The fourth-order valence-electron chi connectivity index (χ4n) is 3.33. The van der Waals surface area contributed by atoms with Crippen LogP contribution >= 0.6 is 27.3 Å². The topological polar surface area (TPSA) is 52.0 Å². The summed E-state index contributed by atoms with van der Waals surface area (Å²) in [6.07, 6.45) is 1.48. The molecule has 4 aromatic rings. The third-order valence-corrected chi connectivity index (χ3v) is 6.34. The van der Waals surface area contributed by atoms with Crippen LogP contribution in [-0.2, 0) is 0 Å². The molecule has 0 saturated heterocycles. The van der Waals surface area contributed by atoms with E-state index in [2.05, 4.69) is 20.9 Å². The SMILES string of the molecule is Cc1sc2ncn(C(C)C(=O)c3ccccc3)c(=O)c2c1-c1ccc(Br)cc1. The van der Waals surface area contributed by atoms with E-state index in [0.29, 0.717) is 15.8 Å². The normalized spacial score (nSPS) is 12.2. The largest absolute Gasteiger partial charge is 0.292 e. The van der Waals surface area contributed by atoms with Crippen LogP contribution in [0.3, 0.4) is 0 Å². The number of benzene rings is 2. The van der Waals surface area contributed by atoms with Crippen LogP contribution in [0.25, 0.3) is 21.3 Å². The smallest absolute Gasteiger partial charge is 0.263 e. The van der Waals surface area contributed by atoms with Gasteiger partial charge >= 0.3 is 0 Å². The van der Waals surface area contributed by atoms with Gasteiger partial charge in [0.05, 0.1) is 17.8 Å². The molecule has 0 radical (unpaired) electrons. The van der Waals surface area contributed by atoms with E-state index in [-0.39, 0.29) is 11.3 Å². The highest BCUT2D eigenvalue weighted by molar-refractivity contribution is 9.10. The first-order valence-electron chi connectivity index (χ1n) is 8.83. The lowest BCUT2D eigenvalue weighted by Crippen LogP contribution is -2.28. The van der Waals surface area contributed by atoms with Crippen LogP contribution in [-0.4, -0.2) is 15.3 Å². The second-order valence-corrected chi connectivity index (χ2v) is 8.70. The number of fused-ring (bicyclic) bond motifs is 1. The van der Waals surface area contributed by atoms with Gasteiger partial charge in [-0.3, -0.25) is 14.2 Å². The molecule has 2 aromatic heterocycles. The average Bonchev–Trinajstić information content (AvgIpc) is 3.05. The average molecular weight is 453 g/mol. The molecule has 0 fully saturated rings. The summed E-state index contributed by atoms with van der Waals surface area (Å²) in [5.74, 6) is -0.110. The molecule has 28 heavy (non-hydrogen) atoms.